The summed E-state index contributed by atoms with van der Waals surface area (Å²) in [6.07, 6.45) is 6.31. The molecule has 0 aromatic rings. The monoisotopic (exact) mass is 286 g/mol. The summed E-state index contributed by atoms with van der Waals surface area (Å²) in [4.78, 5) is 25.7. The largest absolute Gasteiger partial charge is 0.342 e. The van der Waals surface area contributed by atoms with Gasteiger partial charge in [-0.3, -0.25) is 9.59 Å². The first-order valence-corrected chi connectivity index (χ1v) is 8.56. The van der Waals surface area contributed by atoms with E-state index in [4.69, 9.17) is 0 Å². The molecular weight excluding hydrogens is 260 g/mol. The number of nitrogens with one attached hydrogen (secondary N) is 1. The minimum atomic E-state index is -0.322. The van der Waals surface area contributed by atoms with E-state index >= 15 is 0 Å². The summed E-state index contributed by atoms with van der Waals surface area (Å²) in [6.45, 7) is 5.01. The SMILES string of the molecule is CCC(C)C1NC(=O)CN(CCCCCSC)C1=O. The fourth-order valence-corrected chi connectivity index (χ4v) is 2.76. The van der Waals surface area contributed by atoms with E-state index in [9.17, 15) is 9.59 Å². The molecule has 1 heterocycles. The number of unbranched alkanes of at least 4 members (excludes halogenated alkanes) is 2. The van der Waals surface area contributed by atoms with Gasteiger partial charge in [-0.1, -0.05) is 26.7 Å². The van der Waals surface area contributed by atoms with E-state index in [2.05, 4.69) is 11.6 Å². The molecule has 0 radical (unpaired) electrons. The highest BCUT2D eigenvalue weighted by Crippen LogP contribution is 2.15. The Balaban J connectivity index is 2.43. The standard InChI is InChI=1S/C14H26N2O2S/c1-4-11(2)13-14(18)16(10-12(17)15-13)8-6-5-7-9-19-3/h11,13H,4-10H2,1-3H3,(H,15,17). The lowest BCUT2D eigenvalue weighted by molar-refractivity contribution is -0.145. The van der Waals surface area contributed by atoms with Gasteiger partial charge in [-0.15, -0.1) is 0 Å². The van der Waals surface area contributed by atoms with E-state index in [0.29, 0.717) is 6.54 Å². The van der Waals surface area contributed by atoms with Crippen molar-refractivity contribution in [2.75, 3.05) is 25.1 Å². The molecule has 0 aromatic carbocycles. The average molecular weight is 286 g/mol. The second-order valence-electron chi connectivity index (χ2n) is 5.24. The third-order valence-electron chi connectivity index (χ3n) is 3.72. The first-order valence-electron chi connectivity index (χ1n) is 7.17. The second kappa shape index (κ2) is 8.46. The molecule has 2 amide bonds. The van der Waals surface area contributed by atoms with Crippen molar-refractivity contribution in [2.45, 2.75) is 45.6 Å². The molecule has 0 aromatic heterocycles. The maximum absolute atomic E-state index is 12.3. The molecule has 19 heavy (non-hydrogen) atoms. The molecule has 1 aliphatic rings. The molecule has 0 aliphatic carbocycles. The van der Waals surface area contributed by atoms with Crippen LogP contribution in [0.4, 0.5) is 0 Å². The van der Waals surface area contributed by atoms with Gasteiger partial charge >= 0.3 is 0 Å². The van der Waals surface area contributed by atoms with Crippen LogP contribution in [0.15, 0.2) is 0 Å². The Kier molecular flexibility index (Phi) is 7.28. The molecule has 0 saturated carbocycles. The fraction of sp³-hybridized carbons (Fsp3) is 0.857. The molecule has 2 atom stereocenters. The molecule has 1 rings (SSSR count). The van der Waals surface area contributed by atoms with Crippen LogP contribution in [0.25, 0.3) is 0 Å². The van der Waals surface area contributed by atoms with Crippen molar-refractivity contribution in [1.82, 2.24) is 10.2 Å². The smallest absolute Gasteiger partial charge is 0.245 e. The van der Waals surface area contributed by atoms with Crippen LogP contribution in [0.5, 0.6) is 0 Å². The van der Waals surface area contributed by atoms with E-state index in [-0.39, 0.29) is 30.3 Å². The Morgan fingerprint density at radius 1 is 1.37 bits per heavy atom. The summed E-state index contributed by atoms with van der Waals surface area (Å²) in [7, 11) is 0. The number of amides is 2. The van der Waals surface area contributed by atoms with Gasteiger partial charge in [0.25, 0.3) is 0 Å². The Labute approximate surface area is 120 Å². The number of thioether (sulfide) groups is 1. The van der Waals surface area contributed by atoms with Gasteiger partial charge in [0, 0.05) is 6.54 Å². The van der Waals surface area contributed by atoms with Gasteiger partial charge < -0.3 is 10.2 Å². The lowest BCUT2D eigenvalue weighted by atomic mass is 9.96. The van der Waals surface area contributed by atoms with Crippen LogP contribution in [0.3, 0.4) is 0 Å². The van der Waals surface area contributed by atoms with Crippen molar-refractivity contribution < 1.29 is 9.59 Å². The highest BCUT2D eigenvalue weighted by atomic mass is 32.2. The molecular formula is C14H26N2O2S. The Morgan fingerprint density at radius 3 is 2.74 bits per heavy atom. The number of rotatable bonds is 8. The highest BCUT2D eigenvalue weighted by molar-refractivity contribution is 7.98. The summed E-state index contributed by atoms with van der Waals surface area (Å²) in [5.41, 5.74) is 0. The topological polar surface area (TPSA) is 49.4 Å². The molecule has 1 saturated heterocycles. The molecule has 4 nitrogen and oxygen atoms in total. The fourth-order valence-electron chi connectivity index (χ4n) is 2.27. The number of carbonyl (C=O) groups is 2. The Morgan fingerprint density at radius 2 is 2.11 bits per heavy atom. The van der Waals surface area contributed by atoms with E-state index in [1.807, 2.05) is 25.6 Å². The maximum atomic E-state index is 12.3. The van der Waals surface area contributed by atoms with Gasteiger partial charge in [-0.2, -0.15) is 11.8 Å². The number of piperazine rings is 1. The van der Waals surface area contributed by atoms with E-state index in [1.54, 1.807) is 4.90 Å². The predicted molar refractivity (Wildman–Crippen MR) is 80.2 cm³/mol. The quantitative estimate of drug-likeness (QED) is 0.693. The number of hydrogen-bond donors (Lipinski definition) is 1. The van der Waals surface area contributed by atoms with Gasteiger partial charge in [-0.25, -0.2) is 0 Å². The van der Waals surface area contributed by atoms with Crippen molar-refractivity contribution >= 4 is 23.6 Å². The van der Waals surface area contributed by atoms with Gasteiger partial charge in [-0.05, 0) is 30.8 Å². The van der Waals surface area contributed by atoms with E-state index in [1.165, 1.54) is 12.2 Å². The normalized spacial score (nSPS) is 21.4. The minimum Gasteiger partial charge on any atom is -0.342 e. The number of carbonyl (C=O) groups excluding carboxylic acids is 2. The average Bonchev–Trinajstić information content (AvgIpc) is 2.41. The van der Waals surface area contributed by atoms with Crippen LogP contribution < -0.4 is 5.32 Å². The lowest BCUT2D eigenvalue weighted by Gasteiger charge is -2.35. The van der Waals surface area contributed by atoms with E-state index < -0.39 is 0 Å². The van der Waals surface area contributed by atoms with Crippen molar-refractivity contribution in [1.29, 1.82) is 0 Å². The summed E-state index contributed by atoms with van der Waals surface area (Å²) >= 11 is 1.85. The van der Waals surface area contributed by atoms with Gasteiger partial charge in [0.2, 0.25) is 11.8 Å². The summed E-state index contributed by atoms with van der Waals surface area (Å²) in [6, 6.07) is -0.322. The third kappa shape index (κ3) is 5.05. The molecule has 2 unspecified atom stereocenters. The molecule has 0 bridgehead atoms. The predicted octanol–water partition coefficient (Wildman–Crippen LogP) is 1.89. The third-order valence-corrected chi connectivity index (χ3v) is 4.42. The molecule has 110 valence electrons. The van der Waals surface area contributed by atoms with Gasteiger partial charge in [0.1, 0.15) is 6.04 Å². The molecule has 5 heteroatoms. The second-order valence-corrected chi connectivity index (χ2v) is 6.23. The van der Waals surface area contributed by atoms with Crippen LogP contribution in [0, 0.1) is 5.92 Å². The molecule has 1 fully saturated rings. The van der Waals surface area contributed by atoms with Crippen molar-refractivity contribution in [2.24, 2.45) is 5.92 Å². The van der Waals surface area contributed by atoms with Gasteiger partial charge in [0.15, 0.2) is 0 Å². The maximum Gasteiger partial charge on any atom is 0.245 e. The zero-order chi connectivity index (χ0) is 14.3. The number of nitrogens with zero attached hydrogens (tertiary/aromatic N) is 1. The Hall–Kier alpha value is -0.710. The van der Waals surface area contributed by atoms with Crippen molar-refractivity contribution in [3.05, 3.63) is 0 Å². The first-order chi connectivity index (χ1) is 9.10. The van der Waals surface area contributed by atoms with Crippen LogP contribution in [0.1, 0.15) is 39.5 Å². The van der Waals surface area contributed by atoms with Crippen LogP contribution >= 0.6 is 11.8 Å². The molecule has 1 N–H and O–H groups in total. The zero-order valence-electron chi connectivity index (χ0n) is 12.3. The van der Waals surface area contributed by atoms with Gasteiger partial charge in [0.05, 0.1) is 6.54 Å². The zero-order valence-corrected chi connectivity index (χ0v) is 13.1. The minimum absolute atomic E-state index is 0.0194. The number of hydrogen-bond acceptors (Lipinski definition) is 3. The van der Waals surface area contributed by atoms with Crippen LogP contribution in [-0.2, 0) is 9.59 Å². The summed E-state index contributed by atoms with van der Waals surface area (Å²) in [5.74, 6) is 1.45. The lowest BCUT2D eigenvalue weighted by Crippen LogP contribution is -2.60. The summed E-state index contributed by atoms with van der Waals surface area (Å²) in [5, 5.41) is 2.82. The van der Waals surface area contributed by atoms with Crippen molar-refractivity contribution in [3.8, 4) is 0 Å². The van der Waals surface area contributed by atoms with Crippen LogP contribution in [-0.4, -0.2) is 47.9 Å². The van der Waals surface area contributed by atoms with Crippen molar-refractivity contribution in [3.63, 3.8) is 0 Å². The molecule has 1 aliphatic heterocycles. The first kappa shape index (κ1) is 16.3. The van der Waals surface area contributed by atoms with E-state index in [0.717, 1.165) is 19.3 Å². The molecule has 0 spiro atoms. The highest BCUT2D eigenvalue weighted by Gasteiger charge is 2.34. The Bertz CT molecular complexity index is 310. The summed E-state index contributed by atoms with van der Waals surface area (Å²) < 4.78 is 0. The van der Waals surface area contributed by atoms with Crippen LogP contribution in [0.2, 0.25) is 0 Å².